The minimum atomic E-state index is -1.02. The number of rotatable bonds is 3. The first-order chi connectivity index (χ1) is 13.8. The summed E-state index contributed by atoms with van der Waals surface area (Å²) in [6.45, 7) is 3.95. The summed E-state index contributed by atoms with van der Waals surface area (Å²) in [6, 6.07) is 13.4. The minimum absolute atomic E-state index is 0.0291. The molecule has 1 saturated heterocycles. The van der Waals surface area contributed by atoms with Gasteiger partial charge in [0.05, 0.1) is 13.2 Å². The maximum Gasteiger partial charge on any atom is 0.233 e. The number of hydrogen-bond donors (Lipinski definition) is 1. The van der Waals surface area contributed by atoms with E-state index in [1.807, 2.05) is 61.2 Å². The molecule has 0 unspecified atom stereocenters. The Balaban J connectivity index is 1.95. The Kier molecular flexibility index (Phi) is 4.65. The minimum Gasteiger partial charge on any atom is -0.493 e. The van der Waals surface area contributed by atoms with Crippen LogP contribution in [0.25, 0.3) is 0 Å². The van der Waals surface area contributed by atoms with E-state index in [0.29, 0.717) is 16.6 Å². The van der Waals surface area contributed by atoms with Crippen molar-refractivity contribution in [2.45, 2.75) is 25.6 Å². The second-order valence-electron chi connectivity index (χ2n) is 7.85. The fourth-order valence-electron chi connectivity index (χ4n) is 4.34. The third kappa shape index (κ3) is 2.92. The van der Waals surface area contributed by atoms with Gasteiger partial charge in [-0.1, -0.05) is 24.3 Å². The molecule has 1 N–H and O–H groups in total. The average Bonchev–Trinajstić information content (AvgIpc) is 2.66. The van der Waals surface area contributed by atoms with Gasteiger partial charge in [-0.05, 0) is 49.8 Å². The van der Waals surface area contributed by atoms with Gasteiger partial charge in [0.2, 0.25) is 5.91 Å². The summed E-state index contributed by atoms with van der Waals surface area (Å²) < 4.78 is 12.2. The molecule has 4 rings (SSSR count). The first-order valence-electron chi connectivity index (χ1n) is 9.52. The van der Waals surface area contributed by atoms with Gasteiger partial charge in [0, 0.05) is 25.3 Å². The van der Waals surface area contributed by atoms with Crippen molar-refractivity contribution in [1.29, 1.82) is 0 Å². The molecule has 1 amide bonds. The van der Waals surface area contributed by atoms with Gasteiger partial charge in [0.15, 0.2) is 22.3 Å². The summed E-state index contributed by atoms with van der Waals surface area (Å²) in [4.78, 5) is 16.9. The highest BCUT2D eigenvalue weighted by Crippen LogP contribution is 2.52. The Morgan fingerprint density at radius 3 is 2.66 bits per heavy atom. The highest BCUT2D eigenvalue weighted by molar-refractivity contribution is 7.80. The molecule has 152 valence electrons. The van der Waals surface area contributed by atoms with Crippen LogP contribution in [0.15, 0.2) is 42.5 Å². The standard InChI is InChI=1S/C22H25N3O3S/c1-13-8-6-9-14(12-13)25-21(29)23-18-15-10-7-11-16(27-5)19(15)28-22(25,2)17(18)20(26)24(3)4/h6-12,17-18H,1-5H3,(H,23,29)/t17-,18-,22-/m0/s1. The zero-order chi connectivity index (χ0) is 20.9. The third-order valence-electron chi connectivity index (χ3n) is 5.68. The van der Waals surface area contributed by atoms with Gasteiger partial charge in [-0.25, -0.2) is 0 Å². The van der Waals surface area contributed by atoms with Crippen LogP contribution in [-0.2, 0) is 4.79 Å². The lowest BCUT2D eigenvalue weighted by atomic mass is 9.78. The highest BCUT2D eigenvalue weighted by atomic mass is 32.1. The van der Waals surface area contributed by atoms with Crippen molar-refractivity contribution in [3.05, 3.63) is 53.6 Å². The van der Waals surface area contributed by atoms with Gasteiger partial charge < -0.3 is 19.7 Å². The van der Waals surface area contributed by atoms with Crippen molar-refractivity contribution >= 4 is 28.9 Å². The Morgan fingerprint density at radius 1 is 1.28 bits per heavy atom. The van der Waals surface area contributed by atoms with Crippen LogP contribution in [0.4, 0.5) is 5.69 Å². The van der Waals surface area contributed by atoms with E-state index >= 15 is 0 Å². The number of anilines is 1. The van der Waals surface area contributed by atoms with Gasteiger partial charge in [0.25, 0.3) is 0 Å². The zero-order valence-electron chi connectivity index (χ0n) is 17.2. The number of nitrogens with one attached hydrogen (secondary N) is 1. The van der Waals surface area contributed by atoms with Crippen LogP contribution in [0.2, 0.25) is 0 Å². The number of aryl methyl sites for hydroxylation is 1. The van der Waals surface area contributed by atoms with E-state index in [1.54, 1.807) is 26.1 Å². The van der Waals surface area contributed by atoms with Crippen molar-refractivity contribution < 1.29 is 14.3 Å². The molecule has 0 aromatic heterocycles. The lowest BCUT2D eigenvalue weighted by molar-refractivity contribution is -0.144. The number of fused-ring (bicyclic) bond motifs is 4. The predicted octanol–water partition coefficient (Wildman–Crippen LogP) is 3.25. The zero-order valence-corrected chi connectivity index (χ0v) is 18.0. The van der Waals surface area contributed by atoms with Crippen LogP contribution in [-0.4, -0.2) is 42.8 Å². The maximum atomic E-state index is 13.3. The second kappa shape index (κ2) is 6.91. The molecule has 6 nitrogen and oxygen atoms in total. The average molecular weight is 412 g/mol. The number of nitrogens with zero attached hydrogens (tertiary/aromatic N) is 2. The van der Waals surface area contributed by atoms with E-state index in [9.17, 15) is 4.79 Å². The van der Waals surface area contributed by atoms with Crippen LogP contribution in [0.5, 0.6) is 11.5 Å². The molecule has 2 aromatic rings. The molecule has 2 aliphatic rings. The monoisotopic (exact) mass is 411 g/mol. The van der Waals surface area contributed by atoms with E-state index in [-0.39, 0.29) is 11.9 Å². The Bertz CT molecular complexity index is 993. The first-order valence-corrected chi connectivity index (χ1v) is 9.93. The molecular formula is C22H25N3O3S. The topological polar surface area (TPSA) is 54.0 Å². The number of amides is 1. The molecule has 0 spiro atoms. The summed E-state index contributed by atoms with van der Waals surface area (Å²) in [5.41, 5.74) is 1.82. The molecule has 2 aromatic carbocycles. The molecule has 0 saturated carbocycles. The smallest absolute Gasteiger partial charge is 0.233 e. The SMILES string of the molecule is COc1cccc2c1O[C@@]1(C)[C@H](C(=O)N(C)C)[C@H]2NC(=S)N1c1cccc(C)c1. The Morgan fingerprint density at radius 2 is 2.00 bits per heavy atom. The summed E-state index contributed by atoms with van der Waals surface area (Å²) in [5, 5.41) is 3.94. The summed E-state index contributed by atoms with van der Waals surface area (Å²) >= 11 is 5.75. The maximum absolute atomic E-state index is 13.3. The molecule has 2 heterocycles. The molecule has 3 atom stereocenters. The Hall–Kier alpha value is -2.80. The second-order valence-corrected chi connectivity index (χ2v) is 8.23. The predicted molar refractivity (Wildman–Crippen MR) is 116 cm³/mol. The first kappa shape index (κ1) is 19.5. The van der Waals surface area contributed by atoms with Crippen molar-refractivity contribution in [3.63, 3.8) is 0 Å². The lowest BCUT2D eigenvalue weighted by Crippen LogP contribution is -2.72. The van der Waals surface area contributed by atoms with Crippen molar-refractivity contribution in [2.75, 3.05) is 26.1 Å². The summed E-state index contributed by atoms with van der Waals surface area (Å²) in [7, 11) is 5.14. The number of hydrogen-bond acceptors (Lipinski definition) is 4. The molecule has 0 aliphatic carbocycles. The van der Waals surface area contributed by atoms with E-state index < -0.39 is 11.6 Å². The van der Waals surface area contributed by atoms with Crippen molar-refractivity contribution in [2.24, 2.45) is 5.92 Å². The van der Waals surface area contributed by atoms with E-state index in [2.05, 4.69) is 5.32 Å². The number of carbonyl (C=O) groups is 1. The molecule has 0 radical (unpaired) electrons. The fraction of sp³-hybridized carbons (Fsp3) is 0.364. The number of thiocarbonyl (C=S) groups is 1. The quantitative estimate of drug-likeness (QED) is 0.783. The van der Waals surface area contributed by atoms with Gasteiger partial charge in [-0.2, -0.15) is 0 Å². The molecule has 7 heteroatoms. The van der Waals surface area contributed by atoms with Crippen LogP contribution in [0, 0.1) is 12.8 Å². The van der Waals surface area contributed by atoms with E-state index in [0.717, 1.165) is 16.8 Å². The van der Waals surface area contributed by atoms with Crippen LogP contribution < -0.4 is 19.7 Å². The Labute approximate surface area is 176 Å². The van der Waals surface area contributed by atoms with Crippen molar-refractivity contribution in [3.8, 4) is 11.5 Å². The number of ether oxygens (including phenoxy) is 2. The lowest BCUT2D eigenvalue weighted by Gasteiger charge is -2.56. The highest BCUT2D eigenvalue weighted by Gasteiger charge is 2.59. The fourth-order valence-corrected chi connectivity index (χ4v) is 4.76. The summed E-state index contributed by atoms with van der Waals surface area (Å²) in [6.07, 6.45) is 0. The van der Waals surface area contributed by atoms with E-state index in [1.165, 1.54) is 0 Å². The molecule has 29 heavy (non-hydrogen) atoms. The van der Waals surface area contributed by atoms with Gasteiger partial charge in [-0.3, -0.25) is 9.69 Å². The normalized spacial score (nSPS) is 24.9. The largest absolute Gasteiger partial charge is 0.493 e. The number of benzene rings is 2. The third-order valence-corrected chi connectivity index (χ3v) is 5.98. The number of carbonyl (C=O) groups excluding carboxylic acids is 1. The molecule has 2 bridgehead atoms. The molecule has 1 fully saturated rings. The van der Waals surface area contributed by atoms with Gasteiger partial charge >= 0.3 is 0 Å². The van der Waals surface area contributed by atoms with E-state index in [4.69, 9.17) is 21.7 Å². The van der Waals surface area contributed by atoms with Crippen LogP contribution >= 0.6 is 12.2 Å². The van der Waals surface area contributed by atoms with Gasteiger partial charge in [0.1, 0.15) is 5.92 Å². The van der Waals surface area contributed by atoms with Crippen LogP contribution in [0.3, 0.4) is 0 Å². The van der Waals surface area contributed by atoms with Crippen molar-refractivity contribution in [1.82, 2.24) is 10.2 Å². The molecule has 2 aliphatic heterocycles. The number of para-hydroxylation sites is 1. The number of methoxy groups -OCH3 is 1. The van der Waals surface area contributed by atoms with Crippen LogP contribution in [0.1, 0.15) is 24.1 Å². The van der Waals surface area contributed by atoms with Gasteiger partial charge in [-0.15, -0.1) is 0 Å². The molecular weight excluding hydrogens is 386 g/mol. The summed E-state index contributed by atoms with van der Waals surface area (Å²) in [5.74, 6) is 0.731.